The van der Waals surface area contributed by atoms with Crippen LogP contribution >= 0.6 is 11.8 Å². The fourth-order valence-electron chi connectivity index (χ4n) is 3.91. The molecule has 160 valence electrons. The first kappa shape index (κ1) is 21.5. The van der Waals surface area contributed by atoms with Crippen molar-refractivity contribution in [2.75, 3.05) is 18.4 Å². The number of rotatable bonds is 5. The third-order valence-corrected chi connectivity index (χ3v) is 6.58. The first-order chi connectivity index (χ1) is 14.9. The molecule has 0 bridgehead atoms. The summed E-state index contributed by atoms with van der Waals surface area (Å²) >= 11 is 1.77. The third kappa shape index (κ3) is 4.64. The summed E-state index contributed by atoms with van der Waals surface area (Å²) in [7, 11) is 1.69. The van der Waals surface area contributed by atoms with Gasteiger partial charge >= 0.3 is 0 Å². The van der Waals surface area contributed by atoms with Crippen LogP contribution in [0.25, 0.3) is 0 Å². The molecule has 1 heterocycles. The lowest BCUT2D eigenvalue weighted by Gasteiger charge is -2.25. The monoisotopic (exact) mass is 430 g/mol. The highest BCUT2D eigenvalue weighted by atomic mass is 32.2. The Kier molecular flexibility index (Phi) is 6.10. The lowest BCUT2D eigenvalue weighted by molar-refractivity contribution is 0.415. The van der Waals surface area contributed by atoms with Crippen LogP contribution in [0.3, 0.4) is 0 Å². The molecule has 3 nitrogen and oxygen atoms in total. The van der Waals surface area contributed by atoms with Gasteiger partial charge in [-0.25, -0.2) is 0 Å². The van der Waals surface area contributed by atoms with Crippen molar-refractivity contribution < 1.29 is 4.74 Å². The second kappa shape index (κ2) is 8.80. The van der Waals surface area contributed by atoms with Gasteiger partial charge < -0.3 is 4.74 Å². The van der Waals surface area contributed by atoms with E-state index in [4.69, 9.17) is 9.84 Å². The molecule has 31 heavy (non-hydrogen) atoms. The minimum absolute atomic E-state index is 0.133. The molecule has 0 radical (unpaired) electrons. The number of thioether (sulfide) groups is 1. The quantitative estimate of drug-likeness (QED) is 0.405. The second-order valence-electron chi connectivity index (χ2n) is 8.91. The van der Waals surface area contributed by atoms with E-state index in [1.54, 1.807) is 18.9 Å². The van der Waals surface area contributed by atoms with Gasteiger partial charge in [0, 0.05) is 11.3 Å². The molecule has 0 saturated heterocycles. The average molecular weight is 431 g/mol. The molecule has 3 aromatic rings. The third-order valence-electron chi connectivity index (χ3n) is 5.83. The van der Waals surface area contributed by atoms with Crippen molar-refractivity contribution in [3.8, 4) is 5.75 Å². The maximum Gasteiger partial charge on any atom is 0.118 e. The molecule has 0 aromatic heterocycles. The van der Waals surface area contributed by atoms with E-state index in [0.29, 0.717) is 0 Å². The molecule has 3 aromatic carbocycles. The van der Waals surface area contributed by atoms with Gasteiger partial charge in [0.1, 0.15) is 5.75 Å². The summed E-state index contributed by atoms with van der Waals surface area (Å²) in [6, 6.07) is 26.1. The summed E-state index contributed by atoms with van der Waals surface area (Å²) in [5.74, 6) is 0.862. The van der Waals surface area contributed by atoms with Gasteiger partial charge in [0.15, 0.2) is 0 Å². The fourth-order valence-corrected chi connectivity index (χ4v) is 4.31. The Morgan fingerprint density at radius 1 is 0.903 bits per heavy atom. The van der Waals surface area contributed by atoms with E-state index in [9.17, 15) is 0 Å². The summed E-state index contributed by atoms with van der Waals surface area (Å²) in [4.78, 5) is 1.28. The van der Waals surface area contributed by atoms with E-state index in [1.165, 1.54) is 16.0 Å². The number of hydrazone groups is 1. The highest BCUT2D eigenvalue weighted by molar-refractivity contribution is 7.98. The van der Waals surface area contributed by atoms with Gasteiger partial charge in [0.2, 0.25) is 0 Å². The number of benzene rings is 3. The summed E-state index contributed by atoms with van der Waals surface area (Å²) in [6.07, 6.45) is 2.98. The second-order valence-corrected chi connectivity index (χ2v) is 9.79. The number of nitrogens with zero attached hydrogens (tertiary/aromatic N) is 2. The Hall–Kier alpha value is -2.72. The van der Waals surface area contributed by atoms with Crippen molar-refractivity contribution >= 4 is 23.2 Å². The molecule has 1 atom stereocenters. The van der Waals surface area contributed by atoms with Gasteiger partial charge in [-0.3, -0.25) is 5.01 Å². The van der Waals surface area contributed by atoms with Crippen LogP contribution in [0.15, 0.2) is 82.8 Å². The Bertz CT molecular complexity index is 1050. The lowest BCUT2D eigenvalue weighted by Crippen LogP contribution is -2.19. The maximum atomic E-state index is 5.32. The molecule has 0 unspecified atom stereocenters. The molecule has 0 N–H and O–H groups in total. The lowest BCUT2D eigenvalue weighted by atomic mass is 9.87. The van der Waals surface area contributed by atoms with Crippen molar-refractivity contribution in [1.29, 1.82) is 0 Å². The molecule has 0 saturated carbocycles. The van der Waals surface area contributed by atoms with Gasteiger partial charge in [0.05, 0.1) is 24.6 Å². The van der Waals surface area contributed by atoms with Crippen LogP contribution < -0.4 is 9.75 Å². The van der Waals surface area contributed by atoms with Crippen molar-refractivity contribution in [3.63, 3.8) is 0 Å². The van der Waals surface area contributed by atoms with Gasteiger partial charge in [-0.15, -0.1) is 11.8 Å². The Morgan fingerprint density at radius 3 is 2.10 bits per heavy atom. The Balaban J connectivity index is 1.70. The largest absolute Gasteiger partial charge is 0.497 e. The molecule has 4 rings (SSSR count). The van der Waals surface area contributed by atoms with E-state index in [1.807, 2.05) is 12.1 Å². The first-order valence-electron chi connectivity index (χ1n) is 10.6. The summed E-state index contributed by atoms with van der Waals surface area (Å²) in [5.41, 5.74) is 6.10. The van der Waals surface area contributed by atoms with Crippen molar-refractivity contribution in [3.05, 3.63) is 89.5 Å². The molecule has 0 spiro atoms. The van der Waals surface area contributed by atoms with Crippen LogP contribution in [0.2, 0.25) is 0 Å². The molecule has 1 aliphatic rings. The van der Waals surface area contributed by atoms with E-state index in [0.717, 1.165) is 29.1 Å². The highest BCUT2D eigenvalue weighted by Crippen LogP contribution is 2.38. The van der Waals surface area contributed by atoms with E-state index >= 15 is 0 Å². The van der Waals surface area contributed by atoms with Crippen LogP contribution in [0.1, 0.15) is 49.9 Å². The molecule has 0 aliphatic carbocycles. The fraction of sp³-hybridized carbons (Fsp3) is 0.296. The normalized spacial score (nSPS) is 16.4. The van der Waals surface area contributed by atoms with E-state index in [2.05, 4.69) is 92.7 Å². The van der Waals surface area contributed by atoms with Crippen LogP contribution in [-0.4, -0.2) is 19.1 Å². The Labute approximate surface area is 190 Å². The predicted octanol–water partition coefficient (Wildman–Crippen LogP) is 7.07. The number of anilines is 1. The minimum Gasteiger partial charge on any atom is -0.497 e. The number of hydrogen-bond donors (Lipinski definition) is 0. The van der Waals surface area contributed by atoms with Crippen molar-refractivity contribution in [2.24, 2.45) is 5.10 Å². The standard InChI is InChI=1S/C27H30N2OS/c1-27(2,3)21-10-12-22(13-11-21)29-26(20-8-16-24(31-5)17-9-20)18-25(28-29)19-6-14-23(30-4)15-7-19/h6-17,26H,18H2,1-5H3/t26-/m0/s1. The SMILES string of the molecule is COc1ccc(C2=NN(c3ccc(C(C)(C)C)cc3)[C@H](c3ccc(SC)cc3)C2)cc1. The molecule has 4 heteroatoms. The van der Waals surface area contributed by atoms with Gasteiger partial charge in [-0.1, -0.05) is 45.0 Å². The van der Waals surface area contributed by atoms with Gasteiger partial charge in [-0.2, -0.15) is 5.10 Å². The predicted molar refractivity (Wildman–Crippen MR) is 133 cm³/mol. The molecule has 1 aliphatic heterocycles. The van der Waals surface area contributed by atoms with Crippen LogP contribution in [0.5, 0.6) is 5.75 Å². The maximum absolute atomic E-state index is 5.32. The van der Waals surface area contributed by atoms with E-state index in [-0.39, 0.29) is 11.5 Å². The van der Waals surface area contributed by atoms with Crippen molar-refractivity contribution in [1.82, 2.24) is 0 Å². The van der Waals surface area contributed by atoms with E-state index < -0.39 is 0 Å². The topological polar surface area (TPSA) is 24.8 Å². The molecule has 0 amide bonds. The number of ether oxygens (including phenoxy) is 1. The minimum atomic E-state index is 0.133. The molecular weight excluding hydrogens is 400 g/mol. The van der Waals surface area contributed by atoms with Gasteiger partial charge in [0.25, 0.3) is 0 Å². The van der Waals surface area contributed by atoms with Crippen LogP contribution in [0, 0.1) is 0 Å². The zero-order valence-electron chi connectivity index (χ0n) is 18.9. The first-order valence-corrected chi connectivity index (χ1v) is 11.9. The summed E-state index contributed by atoms with van der Waals surface area (Å²) in [6.45, 7) is 6.73. The van der Waals surface area contributed by atoms with Crippen LogP contribution in [-0.2, 0) is 5.41 Å². The smallest absolute Gasteiger partial charge is 0.118 e. The number of methoxy groups -OCH3 is 1. The zero-order chi connectivity index (χ0) is 22.0. The summed E-state index contributed by atoms with van der Waals surface area (Å²) < 4.78 is 5.32. The summed E-state index contributed by atoms with van der Waals surface area (Å²) in [5, 5.41) is 7.26. The average Bonchev–Trinajstić information content (AvgIpc) is 3.24. The zero-order valence-corrected chi connectivity index (χ0v) is 19.7. The van der Waals surface area contributed by atoms with Gasteiger partial charge in [-0.05, 0) is 76.9 Å². The molecule has 0 fully saturated rings. The highest BCUT2D eigenvalue weighted by Gasteiger charge is 2.30. The number of hydrogen-bond acceptors (Lipinski definition) is 4. The van der Waals surface area contributed by atoms with Crippen LogP contribution in [0.4, 0.5) is 5.69 Å². The van der Waals surface area contributed by atoms with Crippen molar-refractivity contribution in [2.45, 2.75) is 43.5 Å². The Morgan fingerprint density at radius 2 is 1.55 bits per heavy atom. The molecular formula is C27H30N2OS.